The molecule has 0 aromatic heterocycles. The van der Waals surface area contributed by atoms with Gasteiger partial charge in [0.25, 0.3) is 5.91 Å². The van der Waals surface area contributed by atoms with Crippen LogP contribution in [0.2, 0.25) is 0 Å². The second-order valence-corrected chi connectivity index (χ2v) is 4.54. The highest BCUT2D eigenvalue weighted by molar-refractivity contribution is 6.14. The fourth-order valence-corrected chi connectivity index (χ4v) is 2.08. The molecule has 1 heterocycles. The van der Waals surface area contributed by atoms with Crippen molar-refractivity contribution in [1.82, 2.24) is 10.2 Å². The first kappa shape index (κ1) is 15.6. The summed E-state index contributed by atoms with van der Waals surface area (Å²) in [7, 11) is 1.56. The lowest BCUT2D eigenvalue weighted by atomic mass is 10.1. The number of imide groups is 1. The average Bonchev–Trinajstić information content (AvgIpc) is 2.76. The average molecular weight is 302 g/mol. The molecule has 1 fully saturated rings. The molecule has 1 N–H and O–H groups in total. The van der Waals surface area contributed by atoms with Crippen molar-refractivity contribution in [3.63, 3.8) is 0 Å². The number of nitrogens with one attached hydrogen (secondary N) is 1. The normalized spacial score (nSPS) is 15.9. The Kier molecular flexibility index (Phi) is 4.83. The van der Waals surface area contributed by atoms with Crippen LogP contribution < -0.4 is 14.8 Å². The summed E-state index contributed by atoms with van der Waals surface area (Å²) in [5.41, 5.74) is 0.952. The molecule has 6 nitrogen and oxygen atoms in total. The molecule has 1 aliphatic rings. The molecule has 0 bridgehead atoms. The summed E-state index contributed by atoms with van der Waals surface area (Å²) < 4.78 is 10.7. The summed E-state index contributed by atoms with van der Waals surface area (Å²) in [5, 5.41) is 2.55. The van der Waals surface area contributed by atoms with E-state index in [4.69, 9.17) is 9.47 Å². The number of carbonyl (C=O) groups is 2. The van der Waals surface area contributed by atoms with Gasteiger partial charge in [0, 0.05) is 6.54 Å². The maximum atomic E-state index is 12.1. The number of hydrogen-bond donors (Lipinski definition) is 1. The van der Waals surface area contributed by atoms with Crippen molar-refractivity contribution in [3.05, 3.63) is 42.1 Å². The lowest BCUT2D eigenvalue weighted by molar-refractivity contribution is -0.122. The number of nitrogens with zero attached hydrogens (tertiary/aromatic N) is 1. The minimum Gasteiger partial charge on any atom is -0.493 e. The fraction of sp³-hybridized carbons (Fsp3) is 0.250. The Labute approximate surface area is 129 Å². The second-order valence-electron chi connectivity index (χ2n) is 4.54. The zero-order valence-electron chi connectivity index (χ0n) is 12.6. The van der Waals surface area contributed by atoms with Gasteiger partial charge in [-0.3, -0.25) is 9.69 Å². The fourth-order valence-electron chi connectivity index (χ4n) is 2.08. The maximum absolute atomic E-state index is 12.1. The molecule has 0 unspecified atom stereocenters. The largest absolute Gasteiger partial charge is 0.493 e. The Morgan fingerprint density at radius 2 is 2.09 bits per heavy atom. The van der Waals surface area contributed by atoms with Crippen LogP contribution in [0.25, 0.3) is 6.08 Å². The Bertz CT molecular complexity index is 637. The lowest BCUT2D eigenvalue weighted by Gasteiger charge is -2.10. The van der Waals surface area contributed by atoms with Crippen molar-refractivity contribution >= 4 is 18.0 Å². The molecule has 3 amide bonds. The molecule has 1 saturated heterocycles. The number of benzene rings is 1. The highest BCUT2D eigenvalue weighted by atomic mass is 16.5. The standard InChI is InChI=1S/C16H18N2O4/c1-4-8-18-15(19)12(17-16(18)20)9-11-6-7-13(21-3)14(10-11)22-5-2/h4,6-7,9-10H,1,5,8H2,2-3H3,(H,17,20)/b12-9+. The first-order valence-electron chi connectivity index (χ1n) is 6.87. The van der Waals surface area contributed by atoms with Crippen molar-refractivity contribution in [3.8, 4) is 11.5 Å². The van der Waals surface area contributed by atoms with Gasteiger partial charge in [-0.2, -0.15) is 0 Å². The van der Waals surface area contributed by atoms with Crippen LogP contribution in [0.5, 0.6) is 11.5 Å². The van der Waals surface area contributed by atoms with Gasteiger partial charge >= 0.3 is 6.03 Å². The smallest absolute Gasteiger partial charge is 0.329 e. The predicted molar refractivity (Wildman–Crippen MR) is 82.6 cm³/mol. The van der Waals surface area contributed by atoms with Crippen LogP contribution in [0.4, 0.5) is 4.79 Å². The molecule has 6 heteroatoms. The van der Waals surface area contributed by atoms with E-state index in [9.17, 15) is 9.59 Å². The van der Waals surface area contributed by atoms with Gasteiger partial charge in [0.15, 0.2) is 11.5 Å². The van der Waals surface area contributed by atoms with Gasteiger partial charge in [-0.15, -0.1) is 6.58 Å². The first-order chi connectivity index (χ1) is 10.6. The van der Waals surface area contributed by atoms with Gasteiger partial charge < -0.3 is 14.8 Å². The molecular formula is C16H18N2O4. The minimum atomic E-state index is -0.449. The van der Waals surface area contributed by atoms with Gasteiger partial charge in [-0.25, -0.2) is 4.79 Å². The molecule has 1 aromatic rings. The van der Waals surface area contributed by atoms with Crippen LogP contribution >= 0.6 is 0 Å². The third-order valence-electron chi connectivity index (χ3n) is 3.07. The molecule has 22 heavy (non-hydrogen) atoms. The van der Waals surface area contributed by atoms with Crippen molar-refractivity contribution < 1.29 is 19.1 Å². The van der Waals surface area contributed by atoms with Crippen molar-refractivity contribution in [1.29, 1.82) is 0 Å². The summed E-state index contributed by atoms with van der Waals surface area (Å²) in [6.07, 6.45) is 3.10. The number of rotatable bonds is 6. The van der Waals surface area contributed by atoms with Crippen LogP contribution in [0.3, 0.4) is 0 Å². The van der Waals surface area contributed by atoms with E-state index in [1.807, 2.05) is 6.92 Å². The summed E-state index contributed by atoms with van der Waals surface area (Å²) in [6.45, 7) is 6.08. The third kappa shape index (κ3) is 3.11. The van der Waals surface area contributed by atoms with Crippen LogP contribution in [-0.2, 0) is 4.79 Å². The van der Waals surface area contributed by atoms with E-state index in [0.29, 0.717) is 18.1 Å². The molecule has 0 atom stereocenters. The van der Waals surface area contributed by atoms with Gasteiger partial charge in [0.1, 0.15) is 5.70 Å². The number of hydrogen-bond acceptors (Lipinski definition) is 4. The molecule has 2 rings (SSSR count). The van der Waals surface area contributed by atoms with E-state index in [1.165, 1.54) is 6.08 Å². The molecule has 0 spiro atoms. The SMILES string of the molecule is C=CCN1C(=O)N/C(=C/c2ccc(OC)c(OCC)c2)C1=O. The Morgan fingerprint density at radius 1 is 1.32 bits per heavy atom. The zero-order chi connectivity index (χ0) is 16.1. The maximum Gasteiger partial charge on any atom is 0.329 e. The van der Waals surface area contributed by atoms with Crippen LogP contribution in [0.1, 0.15) is 12.5 Å². The number of urea groups is 1. The molecule has 116 valence electrons. The molecular weight excluding hydrogens is 284 g/mol. The number of methoxy groups -OCH3 is 1. The van der Waals surface area contributed by atoms with Gasteiger partial charge in [-0.1, -0.05) is 12.1 Å². The third-order valence-corrected chi connectivity index (χ3v) is 3.07. The zero-order valence-corrected chi connectivity index (χ0v) is 12.6. The van der Waals surface area contributed by atoms with E-state index >= 15 is 0 Å². The Morgan fingerprint density at radius 3 is 2.73 bits per heavy atom. The molecule has 1 aliphatic heterocycles. The van der Waals surface area contributed by atoms with Crippen molar-refractivity contribution in [2.45, 2.75) is 6.92 Å². The number of carbonyl (C=O) groups excluding carboxylic acids is 2. The highest BCUT2D eigenvalue weighted by Gasteiger charge is 2.32. The topological polar surface area (TPSA) is 67.9 Å². The first-order valence-corrected chi connectivity index (χ1v) is 6.87. The minimum absolute atomic E-state index is 0.175. The highest BCUT2D eigenvalue weighted by Crippen LogP contribution is 2.29. The van der Waals surface area contributed by atoms with E-state index in [0.717, 1.165) is 10.5 Å². The number of ether oxygens (including phenoxy) is 2. The molecule has 0 aliphatic carbocycles. The van der Waals surface area contributed by atoms with Crippen molar-refractivity contribution in [2.24, 2.45) is 0 Å². The van der Waals surface area contributed by atoms with Gasteiger partial charge in [0.05, 0.1) is 13.7 Å². The summed E-state index contributed by atoms with van der Waals surface area (Å²) in [6, 6.07) is 4.84. The predicted octanol–water partition coefficient (Wildman–Crippen LogP) is 2.17. The van der Waals surface area contributed by atoms with E-state index in [-0.39, 0.29) is 18.1 Å². The second kappa shape index (κ2) is 6.80. The molecule has 0 saturated carbocycles. The van der Waals surface area contributed by atoms with Crippen LogP contribution in [0.15, 0.2) is 36.6 Å². The Hall–Kier alpha value is -2.76. The quantitative estimate of drug-likeness (QED) is 0.497. The lowest BCUT2D eigenvalue weighted by Crippen LogP contribution is -2.30. The van der Waals surface area contributed by atoms with E-state index < -0.39 is 6.03 Å². The molecule has 1 aromatic carbocycles. The monoisotopic (exact) mass is 302 g/mol. The van der Waals surface area contributed by atoms with Crippen molar-refractivity contribution in [2.75, 3.05) is 20.3 Å². The summed E-state index contributed by atoms with van der Waals surface area (Å²) >= 11 is 0. The van der Waals surface area contributed by atoms with Gasteiger partial charge in [0.2, 0.25) is 0 Å². The summed E-state index contributed by atoms with van der Waals surface area (Å²) in [5.74, 6) is 0.816. The van der Waals surface area contributed by atoms with E-state index in [1.54, 1.807) is 31.4 Å². The Balaban J connectivity index is 2.29. The molecule has 0 radical (unpaired) electrons. The number of amides is 3. The summed E-state index contributed by atoms with van der Waals surface area (Å²) in [4.78, 5) is 24.9. The van der Waals surface area contributed by atoms with Crippen LogP contribution in [-0.4, -0.2) is 37.1 Å². The van der Waals surface area contributed by atoms with Gasteiger partial charge in [-0.05, 0) is 30.7 Å². The van der Waals surface area contributed by atoms with E-state index in [2.05, 4.69) is 11.9 Å². The van der Waals surface area contributed by atoms with Crippen LogP contribution in [0, 0.1) is 0 Å².